The van der Waals surface area contributed by atoms with Crippen LogP contribution in [0, 0.1) is 0 Å². The van der Waals surface area contributed by atoms with Gasteiger partial charge in [-0.15, -0.1) is 0 Å². The summed E-state index contributed by atoms with van der Waals surface area (Å²) in [5.74, 6) is 0.813. The molecule has 0 fully saturated rings. The minimum atomic E-state index is -0.377. The predicted molar refractivity (Wildman–Crippen MR) is 105 cm³/mol. The van der Waals surface area contributed by atoms with Gasteiger partial charge in [0.25, 0.3) is 0 Å². The number of amides is 1. The van der Waals surface area contributed by atoms with Crippen LogP contribution in [0.2, 0.25) is 0 Å². The Kier molecular flexibility index (Phi) is 4.81. The van der Waals surface area contributed by atoms with Crippen LogP contribution in [0.5, 0.6) is 0 Å². The Balaban J connectivity index is 2.41. The molecule has 3 rings (SSSR count). The standard InChI is InChI=1S/C21H26N4O/c1-6-9-17-11-7-12-18-23-19(16-10-8-13-22-14-16)20(24(17)18)25(15(2)26)21(3,4)5/h7-8,10-14H,6,9H2,1-5H3. The molecule has 0 radical (unpaired) electrons. The molecule has 5 nitrogen and oxygen atoms in total. The van der Waals surface area contributed by atoms with Gasteiger partial charge in [0.1, 0.15) is 17.2 Å². The van der Waals surface area contributed by atoms with Gasteiger partial charge in [0.2, 0.25) is 5.91 Å². The van der Waals surface area contributed by atoms with Crippen molar-refractivity contribution in [1.29, 1.82) is 0 Å². The van der Waals surface area contributed by atoms with Gasteiger partial charge in [0, 0.05) is 36.1 Å². The summed E-state index contributed by atoms with van der Waals surface area (Å²) in [6, 6.07) is 10.0. The van der Waals surface area contributed by atoms with Crippen molar-refractivity contribution in [2.24, 2.45) is 0 Å². The third-order valence-corrected chi connectivity index (χ3v) is 4.34. The topological polar surface area (TPSA) is 50.5 Å². The van der Waals surface area contributed by atoms with Gasteiger partial charge >= 0.3 is 0 Å². The Labute approximate surface area is 154 Å². The molecule has 0 aliphatic carbocycles. The van der Waals surface area contributed by atoms with Crippen LogP contribution in [0.1, 0.15) is 46.7 Å². The molecule has 3 heterocycles. The number of fused-ring (bicyclic) bond motifs is 1. The molecule has 0 aliphatic rings. The fourth-order valence-corrected chi connectivity index (χ4v) is 3.44. The zero-order valence-electron chi connectivity index (χ0n) is 16.2. The summed E-state index contributed by atoms with van der Waals surface area (Å²) in [6.07, 6.45) is 5.48. The van der Waals surface area contributed by atoms with Crippen molar-refractivity contribution in [3.8, 4) is 11.3 Å². The van der Waals surface area contributed by atoms with Crippen LogP contribution in [0.4, 0.5) is 5.82 Å². The maximum absolute atomic E-state index is 12.7. The summed E-state index contributed by atoms with van der Waals surface area (Å²) in [4.78, 5) is 23.6. The molecule has 3 aromatic rings. The first-order valence-corrected chi connectivity index (χ1v) is 9.06. The number of aryl methyl sites for hydroxylation is 1. The number of carbonyl (C=O) groups is 1. The fraction of sp³-hybridized carbons (Fsp3) is 0.381. The van der Waals surface area contributed by atoms with E-state index < -0.39 is 0 Å². The van der Waals surface area contributed by atoms with Gasteiger partial charge in [-0.05, 0) is 51.5 Å². The highest BCUT2D eigenvalue weighted by molar-refractivity contribution is 5.96. The minimum Gasteiger partial charge on any atom is -0.291 e. The second kappa shape index (κ2) is 6.90. The molecule has 0 unspecified atom stereocenters. The first-order valence-electron chi connectivity index (χ1n) is 9.06. The number of aromatic nitrogens is 3. The molecule has 1 amide bonds. The third kappa shape index (κ3) is 3.21. The van der Waals surface area contributed by atoms with Gasteiger partial charge in [-0.2, -0.15) is 0 Å². The summed E-state index contributed by atoms with van der Waals surface area (Å²) >= 11 is 0. The van der Waals surface area contributed by atoms with E-state index in [1.807, 2.05) is 49.9 Å². The average Bonchev–Trinajstić information content (AvgIpc) is 2.94. The van der Waals surface area contributed by atoms with Gasteiger partial charge in [0.05, 0.1) is 0 Å². The molecule has 136 valence electrons. The Morgan fingerprint density at radius 3 is 2.54 bits per heavy atom. The summed E-state index contributed by atoms with van der Waals surface area (Å²) in [5, 5.41) is 0. The summed E-state index contributed by atoms with van der Waals surface area (Å²) < 4.78 is 2.12. The molecule has 0 aliphatic heterocycles. The maximum atomic E-state index is 12.7. The molecule has 0 aromatic carbocycles. The highest BCUT2D eigenvalue weighted by Crippen LogP contribution is 2.36. The van der Waals surface area contributed by atoms with Gasteiger partial charge < -0.3 is 0 Å². The Morgan fingerprint density at radius 1 is 1.19 bits per heavy atom. The number of hydrogen-bond acceptors (Lipinski definition) is 3. The van der Waals surface area contributed by atoms with Crippen molar-refractivity contribution >= 4 is 17.4 Å². The molecule has 26 heavy (non-hydrogen) atoms. The summed E-state index contributed by atoms with van der Waals surface area (Å²) in [6.45, 7) is 9.90. The van der Waals surface area contributed by atoms with Crippen LogP contribution < -0.4 is 4.90 Å². The molecule has 3 aromatic heterocycles. The zero-order valence-corrected chi connectivity index (χ0v) is 16.2. The molecular weight excluding hydrogens is 324 g/mol. The third-order valence-electron chi connectivity index (χ3n) is 4.34. The second-order valence-electron chi connectivity index (χ2n) is 7.51. The van der Waals surface area contributed by atoms with Gasteiger partial charge in [-0.25, -0.2) is 4.98 Å². The fourth-order valence-electron chi connectivity index (χ4n) is 3.44. The lowest BCUT2D eigenvalue weighted by atomic mass is 10.0. The Hall–Kier alpha value is -2.69. The van der Waals surface area contributed by atoms with E-state index in [2.05, 4.69) is 22.4 Å². The van der Waals surface area contributed by atoms with Crippen LogP contribution in [0.15, 0.2) is 42.7 Å². The van der Waals surface area contributed by atoms with Crippen molar-refractivity contribution in [1.82, 2.24) is 14.4 Å². The van der Waals surface area contributed by atoms with Crippen molar-refractivity contribution in [3.05, 3.63) is 48.4 Å². The van der Waals surface area contributed by atoms with E-state index in [1.54, 1.807) is 19.3 Å². The van der Waals surface area contributed by atoms with Crippen LogP contribution in [-0.4, -0.2) is 25.8 Å². The maximum Gasteiger partial charge on any atom is 0.225 e. The van der Waals surface area contributed by atoms with Crippen molar-refractivity contribution in [2.45, 2.75) is 53.0 Å². The predicted octanol–water partition coefficient (Wildman–Crippen LogP) is 4.50. The monoisotopic (exact) mass is 350 g/mol. The molecule has 0 saturated carbocycles. The highest BCUT2D eigenvalue weighted by Gasteiger charge is 2.32. The largest absolute Gasteiger partial charge is 0.291 e. The van der Waals surface area contributed by atoms with Crippen LogP contribution in [-0.2, 0) is 11.2 Å². The number of carbonyl (C=O) groups excluding carboxylic acids is 1. The zero-order chi connectivity index (χ0) is 18.9. The smallest absolute Gasteiger partial charge is 0.225 e. The van der Waals surface area contributed by atoms with Gasteiger partial charge in [0.15, 0.2) is 0 Å². The molecule has 0 saturated heterocycles. The highest BCUT2D eigenvalue weighted by atomic mass is 16.2. The molecule has 0 atom stereocenters. The summed E-state index contributed by atoms with van der Waals surface area (Å²) in [5.41, 5.74) is 3.31. The normalized spacial score (nSPS) is 11.7. The van der Waals surface area contributed by atoms with Crippen molar-refractivity contribution in [3.63, 3.8) is 0 Å². The lowest BCUT2D eigenvalue weighted by Gasteiger charge is -2.35. The number of nitrogens with zero attached hydrogens (tertiary/aromatic N) is 4. The molecule has 5 heteroatoms. The van der Waals surface area contributed by atoms with E-state index in [9.17, 15) is 4.79 Å². The molecule has 0 spiro atoms. The second-order valence-corrected chi connectivity index (χ2v) is 7.51. The first-order chi connectivity index (χ1) is 12.3. The minimum absolute atomic E-state index is 0.00394. The van der Waals surface area contributed by atoms with E-state index in [0.717, 1.165) is 41.3 Å². The van der Waals surface area contributed by atoms with Crippen LogP contribution in [0.3, 0.4) is 0 Å². The SMILES string of the molecule is CCCc1cccc2nc(-c3cccnc3)c(N(C(C)=O)C(C)(C)C)n12. The Morgan fingerprint density at radius 2 is 1.96 bits per heavy atom. The van der Waals surface area contributed by atoms with Crippen molar-refractivity contribution in [2.75, 3.05) is 4.90 Å². The molecular formula is C21H26N4O. The number of imidazole rings is 1. The van der Waals surface area contributed by atoms with E-state index in [1.165, 1.54) is 0 Å². The average molecular weight is 350 g/mol. The lowest BCUT2D eigenvalue weighted by Crippen LogP contribution is -2.45. The first kappa shape index (κ1) is 18.1. The number of anilines is 1. The van der Waals surface area contributed by atoms with E-state index >= 15 is 0 Å². The van der Waals surface area contributed by atoms with Crippen LogP contribution in [0.25, 0.3) is 16.9 Å². The molecule has 0 N–H and O–H groups in total. The quantitative estimate of drug-likeness (QED) is 0.696. The Bertz CT molecular complexity index is 922. The summed E-state index contributed by atoms with van der Waals surface area (Å²) in [7, 11) is 0. The molecule has 0 bridgehead atoms. The number of rotatable bonds is 4. The number of hydrogen-bond donors (Lipinski definition) is 0. The van der Waals surface area contributed by atoms with Crippen molar-refractivity contribution < 1.29 is 4.79 Å². The van der Waals surface area contributed by atoms with Gasteiger partial charge in [-0.3, -0.25) is 19.1 Å². The number of pyridine rings is 2. The van der Waals surface area contributed by atoms with E-state index in [4.69, 9.17) is 4.98 Å². The van der Waals surface area contributed by atoms with Crippen LogP contribution >= 0.6 is 0 Å². The van der Waals surface area contributed by atoms with E-state index in [-0.39, 0.29) is 11.4 Å². The van der Waals surface area contributed by atoms with Gasteiger partial charge in [-0.1, -0.05) is 19.4 Å². The lowest BCUT2D eigenvalue weighted by molar-refractivity contribution is -0.117. The van der Waals surface area contributed by atoms with E-state index in [0.29, 0.717) is 0 Å².